The molecule has 4 heteroatoms. The molecule has 0 bridgehead atoms. The average Bonchev–Trinajstić information content (AvgIpc) is 3.24. The van der Waals surface area contributed by atoms with E-state index in [4.69, 9.17) is 0 Å². The molecule has 3 nitrogen and oxygen atoms in total. The number of hydrogen-bond donors (Lipinski definition) is 0. The molecule has 3 aromatic rings. The highest BCUT2D eigenvalue weighted by molar-refractivity contribution is 7.11. The van der Waals surface area contributed by atoms with Crippen LogP contribution in [0.3, 0.4) is 0 Å². The lowest BCUT2D eigenvalue weighted by molar-refractivity contribution is 0.873. The third-order valence-corrected chi connectivity index (χ3v) is 5.26. The second-order valence-corrected chi connectivity index (χ2v) is 7.02. The fourth-order valence-electron chi connectivity index (χ4n) is 4.04. The van der Waals surface area contributed by atoms with Gasteiger partial charge in [0.25, 0.3) is 0 Å². The standard InChI is InChI=1S/C19H27BN3/c1-5-6-10-20(17-7-11-21(2)14-17,18-8-12-22(3)15-18)19-9-13-23(4)16-19/h7-9,11-16H,5-6,10H2,1-4H3/q-1. The highest BCUT2D eigenvalue weighted by Gasteiger charge is 2.31. The normalized spacial score (nSPS) is 12.0. The van der Waals surface area contributed by atoms with Crippen LogP contribution in [0, 0.1) is 0 Å². The van der Waals surface area contributed by atoms with E-state index >= 15 is 0 Å². The molecule has 0 aromatic carbocycles. The zero-order valence-electron chi connectivity index (χ0n) is 14.7. The zero-order valence-corrected chi connectivity index (χ0v) is 14.7. The third-order valence-electron chi connectivity index (χ3n) is 5.26. The summed E-state index contributed by atoms with van der Waals surface area (Å²) < 4.78 is 6.51. The molecule has 0 radical (unpaired) electrons. The van der Waals surface area contributed by atoms with Crippen LogP contribution in [0.1, 0.15) is 19.8 Å². The monoisotopic (exact) mass is 308 g/mol. The van der Waals surface area contributed by atoms with Crippen LogP contribution in [0.4, 0.5) is 0 Å². The van der Waals surface area contributed by atoms with Crippen LogP contribution in [0.25, 0.3) is 0 Å². The van der Waals surface area contributed by atoms with Gasteiger partial charge < -0.3 is 13.7 Å². The van der Waals surface area contributed by atoms with Gasteiger partial charge in [0, 0.05) is 21.1 Å². The number of unbranched alkanes of at least 4 members (excludes halogenated alkanes) is 1. The van der Waals surface area contributed by atoms with Gasteiger partial charge >= 0.3 is 0 Å². The SMILES string of the molecule is CCCC[B-](c1ccn(C)c1)(c1ccn(C)c1)c1ccn(C)c1. The summed E-state index contributed by atoms with van der Waals surface area (Å²) in [5.74, 6) is 0. The molecule has 3 heterocycles. The third kappa shape index (κ3) is 2.78. The van der Waals surface area contributed by atoms with Gasteiger partial charge in [0.2, 0.25) is 0 Å². The number of aryl methyl sites for hydroxylation is 3. The average molecular weight is 308 g/mol. The molecule has 0 saturated carbocycles. The largest absolute Gasteiger partial charge is 0.360 e. The van der Waals surface area contributed by atoms with Gasteiger partial charge in [-0.2, -0.15) is 22.7 Å². The van der Waals surface area contributed by atoms with Gasteiger partial charge in [-0.1, -0.05) is 38.0 Å². The summed E-state index contributed by atoms with van der Waals surface area (Å²) in [5, 5.41) is 0. The van der Waals surface area contributed by atoms with Gasteiger partial charge in [0.05, 0.1) is 6.15 Å². The predicted molar refractivity (Wildman–Crippen MR) is 101 cm³/mol. The molecular formula is C19H27BN3-. The molecule has 3 rings (SSSR count). The van der Waals surface area contributed by atoms with Crippen LogP contribution in [0.15, 0.2) is 55.4 Å². The molecule has 0 fully saturated rings. The minimum atomic E-state index is -0.913. The molecule has 0 unspecified atom stereocenters. The summed E-state index contributed by atoms with van der Waals surface area (Å²) in [4.78, 5) is 0. The van der Waals surface area contributed by atoms with Crippen molar-refractivity contribution >= 4 is 22.5 Å². The van der Waals surface area contributed by atoms with Crippen molar-refractivity contribution < 1.29 is 0 Å². The quantitative estimate of drug-likeness (QED) is 0.619. The number of aromatic nitrogens is 3. The summed E-state index contributed by atoms with van der Waals surface area (Å²) in [6.07, 6.45) is 16.1. The lowest BCUT2D eigenvalue weighted by atomic mass is 9.14. The van der Waals surface area contributed by atoms with Crippen LogP contribution >= 0.6 is 0 Å². The molecule has 23 heavy (non-hydrogen) atoms. The van der Waals surface area contributed by atoms with E-state index in [1.54, 1.807) is 0 Å². The first kappa shape index (κ1) is 15.8. The highest BCUT2D eigenvalue weighted by Crippen LogP contribution is 2.17. The first-order valence-corrected chi connectivity index (χ1v) is 8.60. The van der Waals surface area contributed by atoms with Crippen molar-refractivity contribution in [3.8, 4) is 0 Å². The van der Waals surface area contributed by atoms with Crippen LogP contribution in [-0.4, -0.2) is 19.8 Å². The maximum Gasteiger partial charge on any atom is 0.0870 e. The molecule has 122 valence electrons. The van der Waals surface area contributed by atoms with Gasteiger partial charge in [0.1, 0.15) is 0 Å². The highest BCUT2D eigenvalue weighted by atomic mass is 14.9. The maximum absolute atomic E-state index is 2.30. The lowest BCUT2D eigenvalue weighted by Gasteiger charge is -2.40. The molecule has 0 amide bonds. The Morgan fingerprint density at radius 1 is 0.739 bits per heavy atom. The Labute approximate surface area is 139 Å². The van der Waals surface area contributed by atoms with E-state index in [0.717, 1.165) is 0 Å². The summed E-state index contributed by atoms with van der Waals surface area (Å²) in [7, 11) is 6.33. The summed E-state index contributed by atoms with van der Waals surface area (Å²) in [6.45, 7) is 2.28. The van der Waals surface area contributed by atoms with Crippen LogP contribution < -0.4 is 16.4 Å². The summed E-state index contributed by atoms with van der Waals surface area (Å²) >= 11 is 0. The number of nitrogens with zero attached hydrogens (tertiary/aromatic N) is 3. The van der Waals surface area contributed by atoms with E-state index in [2.05, 4.69) is 97.1 Å². The van der Waals surface area contributed by atoms with Gasteiger partial charge in [-0.05, 0) is 37.2 Å². The Kier molecular flexibility index (Phi) is 4.25. The fraction of sp³-hybridized carbons (Fsp3) is 0.368. The molecule has 0 saturated heterocycles. The van der Waals surface area contributed by atoms with E-state index in [9.17, 15) is 0 Å². The molecule has 0 aliphatic heterocycles. The van der Waals surface area contributed by atoms with E-state index in [1.165, 1.54) is 35.6 Å². The van der Waals surface area contributed by atoms with Crippen molar-refractivity contribution in [2.75, 3.05) is 0 Å². The lowest BCUT2D eigenvalue weighted by Crippen LogP contribution is -2.66. The van der Waals surface area contributed by atoms with Crippen LogP contribution in [0.5, 0.6) is 0 Å². The van der Waals surface area contributed by atoms with Crippen molar-refractivity contribution in [1.29, 1.82) is 0 Å². The molecular weight excluding hydrogens is 281 g/mol. The Bertz CT molecular complexity index is 680. The van der Waals surface area contributed by atoms with Crippen molar-refractivity contribution in [2.45, 2.75) is 26.1 Å². The Morgan fingerprint density at radius 2 is 1.13 bits per heavy atom. The van der Waals surface area contributed by atoms with Gasteiger partial charge in [-0.3, -0.25) is 0 Å². The Morgan fingerprint density at radius 3 is 1.39 bits per heavy atom. The topological polar surface area (TPSA) is 14.8 Å². The second kappa shape index (κ2) is 6.19. The minimum absolute atomic E-state index is 0.913. The number of hydrogen-bond acceptors (Lipinski definition) is 0. The summed E-state index contributed by atoms with van der Waals surface area (Å²) in [6, 6.07) is 6.90. The summed E-state index contributed by atoms with van der Waals surface area (Å²) in [5.41, 5.74) is 4.33. The molecule has 3 aromatic heterocycles. The predicted octanol–water partition coefficient (Wildman–Crippen LogP) is 1.97. The van der Waals surface area contributed by atoms with Gasteiger partial charge in [-0.15, -0.1) is 0 Å². The fourth-order valence-corrected chi connectivity index (χ4v) is 4.04. The van der Waals surface area contributed by atoms with Gasteiger partial charge in [0.15, 0.2) is 0 Å². The minimum Gasteiger partial charge on any atom is -0.360 e. The Hall–Kier alpha value is -2.10. The van der Waals surface area contributed by atoms with E-state index in [-0.39, 0.29) is 0 Å². The van der Waals surface area contributed by atoms with Crippen molar-refractivity contribution in [3.05, 3.63) is 55.4 Å². The number of rotatable bonds is 6. The first-order valence-electron chi connectivity index (χ1n) is 8.60. The van der Waals surface area contributed by atoms with Crippen molar-refractivity contribution in [1.82, 2.24) is 13.7 Å². The van der Waals surface area contributed by atoms with E-state index < -0.39 is 6.15 Å². The molecule has 0 aliphatic rings. The van der Waals surface area contributed by atoms with Crippen molar-refractivity contribution in [3.63, 3.8) is 0 Å². The van der Waals surface area contributed by atoms with E-state index in [0.29, 0.717) is 0 Å². The van der Waals surface area contributed by atoms with Crippen LogP contribution in [0.2, 0.25) is 6.32 Å². The van der Waals surface area contributed by atoms with E-state index in [1.807, 2.05) is 0 Å². The first-order chi connectivity index (χ1) is 11.1. The molecule has 0 atom stereocenters. The molecule has 0 spiro atoms. The van der Waals surface area contributed by atoms with Crippen molar-refractivity contribution in [2.24, 2.45) is 21.1 Å². The van der Waals surface area contributed by atoms with Gasteiger partial charge in [-0.25, -0.2) is 0 Å². The molecule has 0 aliphatic carbocycles. The zero-order chi connectivity index (χ0) is 16.4. The Balaban J connectivity index is 2.24. The molecule has 0 N–H and O–H groups in total. The smallest absolute Gasteiger partial charge is 0.0870 e. The van der Waals surface area contributed by atoms with Crippen LogP contribution in [-0.2, 0) is 21.1 Å². The second-order valence-electron chi connectivity index (χ2n) is 7.02. The maximum atomic E-state index is 2.30.